The predicted molar refractivity (Wildman–Crippen MR) is 76.8 cm³/mol. The Balaban J connectivity index is 2.11. The van der Waals surface area contributed by atoms with Crippen LogP contribution in [0.1, 0.15) is 10.6 Å². The number of hydrogen-bond donors (Lipinski definition) is 0. The SMILES string of the molecule is Cc1cccc(S(=O)(=O)N(C)CCc2nccs2)c1. The molecule has 4 nitrogen and oxygen atoms in total. The Hall–Kier alpha value is -1.24. The number of rotatable bonds is 5. The maximum Gasteiger partial charge on any atom is 0.242 e. The molecule has 0 unspecified atom stereocenters. The first-order chi connectivity index (χ1) is 9.00. The highest BCUT2D eigenvalue weighted by Crippen LogP contribution is 2.16. The molecule has 0 saturated carbocycles. The molecule has 0 N–H and O–H groups in total. The Morgan fingerprint density at radius 2 is 2.16 bits per heavy atom. The molecule has 1 aromatic heterocycles. The fraction of sp³-hybridized carbons (Fsp3) is 0.308. The lowest BCUT2D eigenvalue weighted by atomic mass is 10.2. The topological polar surface area (TPSA) is 50.3 Å². The summed E-state index contributed by atoms with van der Waals surface area (Å²) in [5, 5.41) is 2.84. The van der Waals surface area contributed by atoms with E-state index in [4.69, 9.17) is 0 Å². The zero-order valence-electron chi connectivity index (χ0n) is 10.9. The van der Waals surface area contributed by atoms with E-state index >= 15 is 0 Å². The van der Waals surface area contributed by atoms with E-state index in [9.17, 15) is 8.42 Å². The summed E-state index contributed by atoms with van der Waals surface area (Å²) in [6, 6.07) is 6.96. The van der Waals surface area contributed by atoms with Crippen molar-refractivity contribution in [1.82, 2.24) is 9.29 Å². The van der Waals surface area contributed by atoms with Gasteiger partial charge in [0.05, 0.1) is 9.90 Å². The van der Waals surface area contributed by atoms with Gasteiger partial charge in [-0.2, -0.15) is 0 Å². The molecule has 0 saturated heterocycles. The van der Waals surface area contributed by atoms with Gasteiger partial charge in [0.1, 0.15) is 0 Å². The van der Waals surface area contributed by atoms with Crippen molar-refractivity contribution in [1.29, 1.82) is 0 Å². The summed E-state index contributed by atoms with van der Waals surface area (Å²) in [4.78, 5) is 4.50. The molecule has 0 aliphatic heterocycles. The van der Waals surface area contributed by atoms with Gasteiger partial charge in [0.2, 0.25) is 10.0 Å². The average molecular weight is 296 g/mol. The lowest BCUT2D eigenvalue weighted by Crippen LogP contribution is -2.29. The first-order valence-corrected chi connectivity index (χ1v) is 8.23. The van der Waals surface area contributed by atoms with Crippen LogP contribution in [-0.2, 0) is 16.4 Å². The Kier molecular flexibility index (Phi) is 4.34. The fourth-order valence-electron chi connectivity index (χ4n) is 1.71. The summed E-state index contributed by atoms with van der Waals surface area (Å²) in [7, 11) is -1.80. The maximum absolute atomic E-state index is 12.4. The second kappa shape index (κ2) is 5.81. The third-order valence-electron chi connectivity index (χ3n) is 2.82. The molecule has 0 spiro atoms. The van der Waals surface area contributed by atoms with Crippen molar-refractivity contribution < 1.29 is 8.42 Å². The average Bonchev–Trinajstić information content (AvgIpc) is 2.89. The van der Waals surface area contributed by atoms with Crippen LogP contribution in [0.25, 0.3) is 0 Å². The highest BCUT2D eigenvalue weighted by Gasteiger charge is 2.20. The molecule has 0 aliphatic rings. The molecule has 0 atom stereocenters. The van der Waals surface area contributed by atoms with E-state index in [-0.39, 0.29) is 0 Å². The van der Waals surface area contributed by atoms with E-state index in [2.05, 4.69) is 4.98 Å². The zero-order chi connectivity index (χ0) is 13.9. The zero-order valence-corrected chi connectivity index (χ0v) is 12.5. The summed E-state index contributed by atoms with van der Waals surface area (Å²) in [5.74, 6) is 0. The van der Waals surface area contributed by atoms with Crippen molar-refractivity contribution in [2.75, 3.05) is 13.6 Å². The summed E-state index contributed by atoms with van der Waals surface area (Å²) in [6.45, 7) is 2.32. The van der Waals surface area contributed by atoms with Gasteiger partial charge in [-0.05, 0) is 24.6 Å². The van der Waals surface area contributed by atoms with Crippen LogP contribution in [0.2, 0.25) is 0 Å². The third-order valence-corrected chi connectivity index (χ3v) is 5.51. The van der Waals surface area contributed by atoms with Crippen LogP contribution in [0.15, 0.2) is 40.7 Å². The molecule has 0 aliphatic carbocycles. The second-order valence-electron chi connectivity index (χ2n) is 4.32. The molecule has 2 rings (SSSR count). The predicted octanol–water partition coefficient (Wildman–Crippen LogP) is 2.31. The maximum atomic E-state index is 12.4. The van der Waals surface area contributed by atoms with Crippen LogP contribution in [0, 0.1) is 6.92 Å². The number of thiazole rings is 1. The van der Waals surface area contributed by atoms with Crippen LogP contribution in [0.3, 0.4) is 0 Å². The van der Waals surface area contributed by atoms with E-state index in [1.807, 2.05) is 18.4 Å². The standard InChI is InChI=1S/C13H16N2O2S2/c1-11-4-3-5-12(10-11)19(16,17)15(2)8-6-13-14-7-9-18-13/h3-5,7,9-10H,6,8H2,1-2H3. The normalized spacial score (nSPS) is 11.9. The van der Waals surface area contributed by atoms with Gasteiger partial charge in [-0.1, -0.05) is 12.1 Å². The summed E-state index contributed by atoms with van der Waals surface area (Å²) >= 11 is 1.54. The first kappa shape index (κ1) is 14.2. The molecular formula is C13H16N2O2S2. The summed E-state index contributed by atoms with van der Waals surface area (Å²) in [5.41, 5.74) is 0.939. The van der Waals surface area contributed by atoms with Crippen LogP contribution >= 0.6 is 11.3 Å². The first-order valence-electron chi connectivity index (χ1n) is 5.91. The Bertz CT molecular complexity index is 636. The Morgan fingerprint density at radius 1 is 1.37 bits per heavy atom. The van der Waals surface area contributed by atoms with Gasteiger partial charge in [-0.25, -0.2) is 17.7 Å². The van der Waals surface area contributed by atoms with Crippen LogP contribution in [0.4, 0.5) is 0 Å². The van der Waals surface area contributed by atoms with E-state index in [0.29, 0.717) is 17.9 Å². The molecule has 6 heteroatoms. The number of aromatic nitrogens is 1. The Labute approximate surface area is 117 Å². The molecule has 0 amide bonds. The van der Waals surface area contributed by atoms with Gasteiger partial charge in [0, 0.05) is 31.6 Å². The second-order valence-corrected chi connectivity index (χ2v) is 7.34. The van der Waals surface area contributed by atoms with E-state index in [0.717, 1.165) is 10.6 Å². The van der Waals surface area contributed by atoms with Crippen LogP contribution in [-0.4, -0.2) is 31.3 Å². The number of sulfonamides is 1. The minimum atomic E-state index is -3.40. The Morgan fingerprint density at radius 3 is 2.79 bits per heavy atom. The summed E-state index contributed by atoms with van der Waals surface area (Å²) < 4.78 is 26.1. The quantitative estimate of drug-likeness (QED) is 0.851. The molecule has 1 aromatic carbocycles. The van der Waals surface area contributed by atoms with Gasteiger partial charge < -0.3 is 0 Å². The third kappa shape index (κ3) is 3.40. The molecule has 0 bridgehead atoms. The van der Waals surface area contributed by atoms with E-state index in [1.54, 1.807) is 42.8 Å². The number of aryl methyl sites for hydroxylation is 1. The van der Waals surface area contributed by atoms with Crippen molar-refractivity contribution >= 4 is 21.4 Å². The molecule has 19 heavy (non-hydrogen) atoms. The number of benzene rings is 1. The number of likely N-dealkylation sites (N-methyl/N-ethyl adjacent to an activating group) is 1. The largest absolute Gasteiger partial charge is 0.250 e. The smallest absolute Gasteiger partial charge is 0.242 e. The van der Waals surface area contributed by atoms with Crippen molar-refractivity contribution in [3.63, 3.8) is 0 Å². The molecular weight excluding hydrogens is 280 g/mol. The lowest BCUT2D eigenvalue weighted by Gasteiger charge is -2.16. The lowest BCUT2D eigenvalue weighted by molar-refractivity contribution is 0.472. The van der Waals surface area contributed by atoms with Gasteiger partial charge in [-0.15, -0.1) is 11.3 Å². The van der Waals surface area contributed by atoms with Gasteiger partial charge in [-0.3, -0.25) is 0 Å². The minimum Gasteiger partial charge on any atom is -0.250 e. The van der Waals surface area contributed by atoms with Gasteiger partial charge in [0.25, 0.3) is 0 Å². The molecule has 2 aromatic rings. The molecule has 1 heterocycles. The van der Waals surface area contributed by atoms with Crippen molar-refractivity contribution in [3.8, 4) is 0 Å². The number of nitrogens with zero attached hydrogens (tertiary/aromatic N) is 2. The van der Waals surface area contributed by atoms with E-state index < -0.39 is 10.0 Å². The summed E-state index contributed by atoms with van der Waals surface area (Å²) in [6.07, 6.45) is 2.37. The molecule has 0 fully saturated rings. The monoisotopic (exact) mass is 296 g/mol. The fourth-order valence-corrected chi connectivity index (χ4v) is 3.59. The van der Waals surface area contributed by atoms with Crippen molar-refractivity contribution in [3.05, 3.63) is 46.4 Å². The highest BCUT2D eigenvalue weighted by molar-refractivity contribution is 7.89. The van der Waals surface area contributed by atoms with Gasteiger partial charge >= 0.3 is 0 Å². The number of hydrogen-bond acceptors (Lipinski definition) is 4. The highest BCUT2D eigenvalue weighted by atomic mass is 32.2. The van der Waals surface area contributed by atoms with Gasteiger partial charge in [0.15, 0.2) is 0 Å². The molecule has 102 valence electrons. The van der Waals surface area contributed by atoms with Crippen molar-refractivity contribution in [2.24, 2.45) is 0 Å². The van der Waals surface area contributed by atoms with Crippen LogP contribution < -0.4 is 0 Å². The molecule has 0 radical (unpaired) electrons. The minimum absolute atomic E-state index is 0.342. The van der Waals surface area contributed by atoms with E-state index in [1.165, 1.54) is 4.31 Å². The van der Waals surface area contributed by atoms with Crippen LogP contribution in [0.5, 0.6) is 0 Å². The van der Waals surface area contributed by atoms with Crippen molar-refractivity contribution in [2.45, 2.75) is 18.2 Å².